The maximum atomic E-state index is 3.36. The molecule has 1 saturated heterocycles. The van der Waals surface area contributed by atoms with Crippen LogP contribution in [0.4, 0.5) is 0 Å². The van der Waals surface area contributed by atoms with E-state index in [-0.39, 0.29) is 0 Å². The third kappa shape index (κ3) is 2.46. The summed E-state index contributed by atoms with van der Waals surface area (Å²) >= 11 is 0. The minimum Gasteiger partial charge on any atom is -0.316 e. The van der Waals surface area contributed by atoms with Gasteiger partial charge in [0.25, 0.3) is 0 Å². The first-order valence-electron chi connectivity index (χ1n) is 4.62. The minimum absolute atomic E-state index is 0.721. The Labute approximate surface area is 70.0 Å². The van der Waals surface area contributed by atoms with Gasteiger partial charge < -0.3 is 10.2 Å². The SMILES string of the molecule is CCC1CC(NC)CN(C)C1. The summed E-state index contributed by atoms with van der Waals surface area (Å²) < 4.78 is 0. The van der Waals surface area contributed by atoms with Crippen molar-refractivity contribution in [2.75, 3.05) is 27.2 Å². The lowest BCUT2D eigenvalue weighted by Crippen LogP contribution is -2.46. The van der Waals surface area contributed by atoms with Crippen molar-refractivity contribution in [1.29, 1.82) is 0 Å². The number of hydrogen-bond donors (Lipinski definition) is 1. The predicted molar refractivity (Wildman–Crippen MR) is 48.7 cm³/mol. The largest absolute Gasteiger partial charge is 0.316 e. The van der Waals surface area contributed by atoms with Crippen LogP contribution in [0.2, 0.25) is 0 Å². The second-order valence-electron chi connectivity index (χ2n) is 3.72. The number of likely N-dealkylation sites (N-methyl/N-ethyl adjacent to an activating group) is 2. The molecule has 0 saturated carbocycles. The van der Waals surface area contributed by atoms with Crippen LogP contribution >= 0.6 is 0 Å². The van der Waals surface area contributed by atoms with Crippen molar-refractivity contribution < 1.29 is 0 Å². The molecule has 2 unspecified atom stereocenters. The van der Waals surface area contributed by atoms with Gasteiger partial charge in [0.05, 0.1) is 0 Å². The summed E-state index contributed by atoms with van der Waals surface area (Å²) in [5, 5.41) is 3.36. The highest BCUT2D eigenvalue weighted by Gasteiger charge is 2.22. The molecule has 2 atom stereocenters. The molecule has 1 heterocycles. The molecule has 0 aromatic heterocycles. The van der Waals surface area contributed by atoms with Gasteiger partial charge in [0.1, 0.15) is 0 Å². The van der Waals surface area contributed by atoms with Crippen LogP contribution in [0.3, 0.4) is 0 Å². The van der Waals surface area contributed by atoms with E-state index in [1.807, 2.05) is 0 Å². The fraction of sp³-hybridized carbons (Fsp3) is 1.00. The lowest BCUT2D eigenvalue weighted by atomic mass is 9.93. The van der Waals surface area contributed by atoms with Crippen LogP contribution in [-0.2, 0) is 0 Å². The Hall–Kier alpha value is -0.0800. The van der Waals surface area contributed by atoms with Crippen molar-refractivity contribution >= 4 is 0 Å². The van der Waals surface area contributed by atoms with E-state index in [9.17, 15) is 0 Å². The number of piperidine rings is 1. The Morgan fingerprint density at radius 1 is 1.45 bits per heavy atom. The standard InChI is InChI=1S/C9H20N2/c1-4-8-5-9(10-2)7-11(3)6-8/h8-10H,4-7H2,1-3H3. The normalized spacial score (nSPS) is 34.1. The third-order valence-corrected chi connectivity index (χ3v) is 2.71. The molecule has 1 fully saturated rings. The van der Waals surface area contributed by atoms with Crippen LogP contribution in [-0.4, -0.2) is 38.1 Å². The highest BCUT2D eigenvalue weighted by Crippen LogP contribution is 2.17. The highest BCUT2D eigenvalue weighted by molar-refractivity contribution is 4.80. The topological polar surface area (TPSA) is 15.3 Å². The number of likely N-dealkylation sites (tertiary alicyclic amines) is 1. The molecule has 0 aromatic carbocycles. The van der Waals surface area contributed by atoms with Crippen LogP contribution in [0.5, 0.6) is 0 Å². The van der Waals surface area contributed by atoms with Gasteiger partial charge in [-0.05, 0) is 26.4 Å². The monoisotopic (exact) mass is 156 g/mol. The molecule has 66 valence electrons. The van der Waals surface area contributed by atoms with Gasteiger partial charge >= 0.3 is 0 Å². The molecule has 11 heavy (non-hydrogen) atoms. The zero-order valence-electron chi connectivity index (χ0n) is 7.93. The van der Waals surface area contributed by atoms with Crippen molar-refractivity contribution in [3.8, 4) is 0 Å². The fourth-order valence-electron chi connectivity index (χ4n) is 1.95. The molecule has 0 spiro atoms. The predicted octanol–water partition coefficient (Wildman–Crippen LogP) is 0.936. The van der Waals surface area contributed by atoms with Crippen molar-refractivity contribution in [3.05, 3.63) is 0 Å². The molecule has 2 heteroatoms. The summed E-state index contributed by atoms with van der Waals surface area (Å²) in [5.74, 6) is 0.909. The van der Waals surface area contributed by atoms with Gasteiger partial charge in [0.15, 0.2) is 0 Å². The average molecular weight is 156 g/mol. The van der Waals surface area contributed by atoms with Gasteiger partial charge in [-0.15, -0.1) is 0 Å². The van der Waals surface area contributed by atoms with Crippen molar-refractivity contribution in [1.82, 2.24) is 10.2 Å². The summed E-state index contributed by atoms with van der Waals surface area (Å²) in [5.41, 5.74) is 0. The molecule has 0 radical (unpaired) electrons. The Morgan fingerprint density at radius 3 is 2.73 bits per heavy atom. The van der Waals surface area contributed by atoms with Crippen molar-refractivity contribution in [2.45, 2.75) is 25.8 Å². The second kappa shape index (κ2) is 4.07. The molecule has 1 N–H and O–H groups in total. The van der Waals surface area contributed by atoms with E-state index in [1.54, 1.807) is 0 Å². The maximum absolute atomic E-state index is 3.36. The summed E-state index contributed by atoms with van der Waals surface area (Å²) in [6, 6.07) is 0.721. The van der Waals surface area contributed by atoms with E-state index in [2.05, 4.69) is 31.2 Å². The number of hydrogen-bond acceptors (Lipinski definition) is 2. The van der Waals surface area contributed by atoms with Crippen LogP contribution in [0, 0.1) is 5.92 Å². The maximum Gasteiger partial charge on any atom is 0.0195 e. The minimum atomic E-state index is 0.721. The van der Waals surface area contributed by atoms with E-state index >= 15 is 0 Å². The number of nitrogens with zero attached hydrogens (tertiary/aromatic N) is 1. The van der Waals surface area contributed by atoms with Crippen LogP contribution in [0.15, 0.2) is 0 Å². The zero-order valence-corrected chi connectivity index (χ0v) is 7.93. The van der Waals surface area contributed by atoms with Gasteiger partial charge in [-0.1, -0.05) is 13.3 Å². The molecule has 0 bridgehead atoms. The molecule has 1 rings (SSSR count). The second-order valence-corrected chi connectivity index (χ2v) is 3.72. The van der Waals surface area contributed by atoms with E-state index in [1.165, 1.54) is 25.9 Å². The van der Waals surface area contributed by atoms with E-state index < -0.39 is 0 Å². The Balaban J connectivity index is 2.37. The molecular weight excluding hydrogens is 136 g/mol. The third-order valence-electron chi connectivity index (χ3n) is 2.71. The first kappa shape index (κ1) is 9.01. The summed E-state index contributed by atoms with van der Waals surface area (Å²) in [7, 11) is 4.28. The molecule has 0 aliphatic carbocycles. The van der Waals surface area contributed by atoms with Crippen LogP contribution in [0.25, 0.3) is 0 Å². The lowest BCUT2D eigenvalue weighted by Gasteiger charge is -2.35. The Morgan fingerprint density at radius 2 is 2.18 bits per heavy atom. The molecule has 1 aliphatic rings. The molecular formula is C9H20N2. The van der Waals surface area contributed by atoms with Crippen molar-refractivity contribution in [2.24, 2.45) is 5.92 Å². The summed E-state index contributed by atoms with van der Waals surface area (Å²) in [6.45, 7) is 4.79. The lowest BCUT2D eigenvalue weighted by molar-refractivity contribution is 0.171. The quantitative estimate of drug-likeness (QED) is 0.640. The van der Waals surface area contributed by atoms with Gasteiger partial charge in [-0.25, -0.2) is 0 Å². The first-order chi connectivity index (χ1) is 5.26. The highest BCUT2D eigenvalue weighted by atomic mass is 15.1. The van der Waals surface area contributed by atoms with E-state index in [4.69, 9.17) is 0 Å². The van der Waals surface area contributed by atoms with Gasteiger partial charge in [-0.3, -0.25) is 0 Å². The zero-order chi connectivity index (χ0) is 8.27. The van der Waals surface area contributed by atoms with E-state index in [0.29, 0.717) is 0 Å². The smallest absolute Gasteiger partial charge is 0.0195 e. The van der Waals surface area contributed by atoms with Crippen LogP contribution in [0.1, 0.15) is 19.8 Å². The average Bonchev–Trinajstić information content (AvgIpc) is 2.03. The van der Waals surface area contributed by atoms with Crippen molar-refractivity contribution in [3.63, 3.8) is 0 Å². The van der Waals surface area contributed by atoms with Crippen LogP contribution < -0.4 is 5.32 Å². The molecule has 0 aromatic rings. The number of nitrogens with one attached hydrogen (secondary N) is 1. The van der Waals surface area contributed by atoms with Gasteiger partial charge in [0.2, 0.25) is 0 Å². The van der Waals surface area contributed by atoms with Gasteiger partial charge in [0, 0.05) is 19.1 Å². The number of rotatable bonds is 2. The molecule has 0 amide bonds. The Bertz CT molecular complexity index is 102. The fourth-order valence-corrected chi connectivity index (χ4v) is 1.95. The molecule has 2 nitrogen and oxygen atoms in total. The summed E-state index contributed by atoms with van der Waals surface area (Å²) in [4.78, 5) is 2.43. The first-order valence-corrected chi connectivity index (χ1v) is 4.62. The molecule has 1 aliphatic heterocycles. The van der Waals surface area contributed by atoms with Gasteiger partial charge in [-0.2, -0.15) is 0 Å². The van der Waals surface area contributed by atoms with E-state index in [0.717, 1.165) is 12.0 Å². The summed E-state index contributed by atoms with van der Waals surface area (Å²) in [6.07, 6.45) is 2.68. The Kier molecular flexibility index (Phi) is 3.34.